The first-order valence-corrected chi connectivity index (χ1v) is 10.1. The molecule has 0 radical (unpaired) electrons. The fourth-order valence-electron chi connectivity index (χ4n) is 3.15. The number of thiophene rings is 1. The summed E-state index contributed by atoms with van der Waals surface area (Å²) in [5.41, 5.74) is 3.61. The van der Waals surface area contributed by atoms with Crippen LogP contribution < -0.4 is 5.32 Å². The molecule has 1 N–H and O–H groups in total. The molecule has 0 unspecified atom stereocenters. The molecule has 0 saturated carbocycles. The molecule has 4 nitrogen and oxygen atoms in total. The molecule has 144 valence electrons. The summed E-state index contributed by atoms with van der Waals surface area (Å²) >= 11 is 1.31. The minimum atomic E-state index is -0.497. The highest BCUT2D eigenvalue weighted by molar-refractivity contribution is 7.12. The van der Waals surface area contributed by atoms with E-state index in [1.165, 1.54) is 11.3 Å². The predicted octanol–water partition coefficient (Wildman–Crippen LogP) is 5.67. The molecule has 0 fully saturated rings. The zero-order chi connectivity index (χ0) is 20.2. The minimum Gasteiger partial charge on any atom is -0.451 e. The molecule has 4 rings (SSSR count). The molecule has 1 heterocycles. The van der Waals surface area contributed by atoms with Gasteiger partial charge in [-0.3, -0.25) is 4.79 Å². The highest BCUT2D eigenvalue weighted by atomic mass is 32.1. The third-order valence-electron chi connectivity index (χ3n) is 4.61. The van der Waals surface area contributed by atoms with Gasteiger partial charge in [-0.05, 0) is 35.4 Å². The molecular weight excluding hydrogens is 382 g/mol. The number of nitrogens with one attached hydrogen (secondary N) is 1. The SMILES string of the molecule is Cc1ccc(-c2ccsc2C(=O)OCC(=O)Nc2cccc3ccccc23)cc1. The highest BCUT2D eigenvalue weighted by Crippen LogP contribution is 2.29. The zero-order valence-electron chi connectivity index (χ0n) is 15.8. The van der Waals surface area contributed by atoms with Gasteiger partial charge in [0.05, 0.1) is 0 Å². The first-order valence-electron chi connectivity index (χ1n) is 9.21. The molecule has 0 aliphatic carbocycles. The van der Waals surface area contributed by atoms with Crippen LogP contribution in [0.15, 0.2) is 78.2 Å². The van der Waals surface area contributed by atoms with E-state index in [1.54, 1.807) is 0 Å². The molecule has 29 heavy (non-hydrogen) atoms. The summed E-state index contributed by atoms with van der Waals surface area (Å²) in [5, 5.41) is 6.65. The van der Waals surface area contributed by atoms with Crippen molar-refractivity contribution in [3.05, 3.63) is 88.6 Å². The molecule has 0 saturated heterocycles. The second kappa shape index (κ2) is 8.29. The third kappa shape index (κ3) is 4.20. The lowest BCUT2D eigenvalue weighted by Gasteiger charge is -2.09. The quantitative estimate of drug-likeness (QED) is 0.438. The third-order valence-corrected chi connectivity index (χ3v) is 5.51. The summed E-state index contributed by atoms with van der Waals surface area (Å²) in [4.78, 5) is 25.4. The first-order chi connectivity index (χ1) is 14.1. The summed E-state index contributed by atoms with van der Waals surface area (Å²) in [6.07, 6.45) is 0. The maximum atomic E-state index is 12.5. The van der Waals surface area contributed by atoms with E-state index in [4.69, 9.17) is 4.74 Å². The molecule has 1 amide bonds. The Morgan fingerprint density at radius 2 is 1.69 bits per heavy atom. The fraction of sp³-hybridized carbons (Fsp3) is 0.0833. The van der Waals surface area contributed by atoms with Gasteiger partial charge in [-0.15, -0.1) is 11.3 Å². The summed E-state index contributed by atoms with van der Waals surface area (Å²) in [6, 6.07) is 23.3. The van der Waals surface area contributed by atoms with Crippen LogP contribution in [-0.4, -0.2) is 18.5 Å². The van der Waals surface area contributed by atoms with E-state index >= 15 is 0 Å². The number of benzene rings is 3. The van der Waals surface area contributed by atoms with Gasteiger partial charge in [0, 0.05) is 16.6 Å². The number of ether oxygens (including phenoxy) is 1. The topological polar surface area (TPSA) is 55.4 Å². The maximum absolute atomic E-state index is 12.5. The Labute approximate surface area is 172 Å². The average molecular weight is 401 g/mol. The maximum Gasteiger partial charge on any atom is 0.349 e. The number of anilines is 1. The van der Waals surface area contributed by atoms with Crippen LogP contribution in [0.5, 0.6) is 0 Å². The first kappa shape index (κ1) is 18.9. The van der Waals surface area contributed by atoms with Crippen molar-refractivity contribution in [3.8, 4) is 11.1 Å². The zero-order valence-corrected chi connectivity index (χ0v) is 16.7. The normalized spacial score (nSPS) is 10.7. The van der Waals surface area contributed by atoms with Gasteiger partial charge in [0.1, 0.15) is 4.88 Å². The van der Waals surface area contributed by atoms with Crippen molar-refractivity contribution >= 4 is 39.7 Å². The van der Waals surface area contributed by atoms with Crippen LogP contribution in [0.1, 0.15) is 15.2 Å². The van der Waals surface area contributed by atoms with Crippen molar-refractivity contribution in [2.45, 2.75) is 6.92 Å². The van der Waals surface area contributed by atoms with Gasteiger partial charge in [-0.2, -0.15) is 0 Å². The Hall–Kier alpha value is -3.44. The number of carbonyl (C=O) groups excluding carboxylic acids is 2. The van der Waals surface area contributed by atoms with Crippen LogP contribution in [-0.2, 0) is 9.53 Å². The smallest absolute Gasteiger partial charge is 0.349 e. The van der Waals surface area contributed by atoms with E-state index in [2.05, 4.69) is 5.32 Å². The summed E-state index contributed by atoms with van der Waals surface area (Å²) in [6.45, 7) is 1.68. The molecule has 0 aliphatic rings. The van der Waals surface area contributed by atoms with Gasteiger partial charge in [-0.25, -0.2) is 4.79 Å². The van der Waals surface area contributed by atoms with Crippen LogP contribution in [0, 0.1) is 6.92 Å². The Morgan fingerprint density at radius 1 is 0.931 bits per heavy atom. The summed E-state index contributed by atoms with van der Waals surface area (Å²) in [7, 11) is 0. The van der Waals surface area contributed by atoms with Crippen molar-refractivity contribution < 1.29 is 14.3 Å². The van der Waals surface area contributed by atoms with Crippen molar-refractivity contribution in [3.63, 3.8) is 0 Å². The molecule has 0 aliphatic heterocycles. The number of fused-ring (bicyclic) bond motifs is 1. The van der Waals surface area contributed by atoms with E-state index in [-0.39, 0.29) is 12.5 Å². The molecule has 0 spiro atoms. The van der Waals surface area contributed by atoms with Gasteiger partial charge in [-0.1, -0.05) is 66.2 Å². The standard InChI is InChI=1S/C24H19NO3S/c1-16-9-11-18(12-10-16)20-13-14-29-23(20)24(27)28-15-22(26)25-21-8-4-6-17-5-2-3-7-19(17)21/h2-14H,15H2,1H3,(H,25,26). The van der Waals surface area contributed by atoms with E-state index in [9.17, 15) is 9.59 Å². The fourth-order valence-corrected chi connectivity index (χ4v) is 3.95. The number of aryl methyl sites for hydroxylation is 1. The molecule has 1 aromatic heterocycles. The van der Waals surface area contributed by atoms with Crippen molar-refractivity contribution in [1.29, 1.82) is 0 Å². The monoisotopic (exact) mass is 401 g/mol. The Balaban J connectivity index is 1.43. The van der Waals surface area contributed by atoms with E-state index < -0.39 is 5.97 Å². The van der Waals surface area contributed by atoms with E-state index in [1.807, 2.05) is 85.1 Å². The molecule has 5 heteroatoms. The average Bonchev–Trinajstić information content (AvgIpc) is 3.23. The lowest BCUT2D eigenvalue weighted by Crippen LogP contribution is -2.20. The van der Waals surface area contributed by atoms with Crippen molar-refractivity contribution in [2.24, 2.45) is 0 Å². The number of amides is 1. The van der Waals surface area contributed by atoms with Gasteiger partial charge >= 0.3 is 5.97 Å². The van der Waals surface area contributed by atoms with Crippen LogP contribution in [0.25, 0.3) is 21.9 Å². The largest absolute Gasteiger partial charge is 0.451 e. The van der Waals surface area contributed by atoms with Gasteiger partial charge in [0.2, 0.25) is 0 Å². The highest BCUT2D eigenvalue weighted by Gasteiger charge is 2.17. The molecular formula is C24H19NO3S. The number of carbonyl (C=O) groups is 2. The molecule has 0 atom stereocenters. The van der Waals surface area contributed by atoms with Gasteiger partial charge in [0.25, 0.3) is 5.91 Å². The second-order valence-electron chi connectivity index (χ2n) is 6.68. The Morgan fingerprint density at radius 3 is 2.52 bits per heavy atom. The second-order valence-corrected chi connectivity index (χ2v) is 7.60. The Kier molecular flexibility index (Phi) is 5.40. The van der Waals surface area contributed by atoms with Gasteiger partial charge < -0.3 is 10.1 Å². The Bertz CT molecular complexity index is 1170. The lowest BCUT2D eigenvalue weighted by molar-refractivity contribution is -0.119. The molecule has 0 bridgehead atoms. The van der Waals surface area contributed by atoms with Crippen LogP contribution in [0.4, 0.5) is 5.69 Å². The van der Waals surface area contributed by atoms with Crippen molar-refractivity contribution in [1.82, 2.24) is 0 Å². The van der Waals surface area contributed by atoms with E-state index in [0.29, 0.717) is 10.6 Å². The number of rotatable bonds is 5. The van der Waals surface area contributed by atoms with Crippen LogP contribution in [0.3, 0.4) is 0 Å². The summed E-state index contributed by atoms with van der Waals surface area (Å²) < 4.78 is 5.28. The molecule has 3 aromatic carbocycles. The number of hydrogen-bond acceptors (Lipinski definition) is 4. The summed E-state index contributed by atoms with van der Waals surface area (Å²) in [5.74, 6) is -0.869. The number of hydrogen-bond donors (Lipinski definition) is 1. The lowest BCUT2D eigenvalue weighted by atomic mass is 10.1. The predicted molar refractivity (Wildman–Crippen MR) is 117 cm³/mol. The van der Waals surface area contributed by atoms with Crippen LogP contribution in [0.2, 0.25) is 0 Å². The molecule has 4 aromatic rings. The number of esters is 1. The van der Waals surface area contributed by atoms with Crippen molar-refractivity contribution in [2.75, 3.05) is 11.9 Å². The van der Waals surface area contributed by atoms with Gasteiger partial charge in [0.15, 0.2) is 6.61 Å². The van der Waals surface area contributed by atoms with E-state index in [0.717, 1.165) is 27.5 Å². The minimum absolute atomic E-state index is 0.340. The van der Waals surface area contributed by atoms with Crippen LogP contribution >= 0.6 is 11.3 Å².